The Bertz CT molecular complexity index is 755. The minimum atomic E-state index is -0.0292. The summed E-state index contributed by atoms with van der Waals surface area (Å²) in [5.74, 6) is -0.0292. The zero-order valence-corrected chi connectivity index (χ0v) is 16.1. The van der Waals surface area contributed by atoms with E-state index in [1.54, 1.807) is 0 Å². The summed E-state index contributed by atoms with van der Waals surface area (Å²) < 4.78 is 5.48. The molecule has 138 valence electrons. The maximum Gasteiger partial charge on any atom is 0.251 e. The van der Waals surface area contributed by atoms with Gasteiger partial charge in [0, 0.05) is 30.2 Å². The number of halogens is 1. The zero-order chi connectivity index (χ0) is 18.5. The number of rotatable bonds is 5. The van der Waals surface area contributed by atoms with Gasteiger partial charge in [0.1, 0.15) is 0 Å². The summed E-state index contributed by atoms with van der Waals surface area (Å²) in [6, 6.07) is 13.8. The fourth-order valence-corrected chi connectivity index (χ4v) is 3.44. The van der Waals surface area contributed by atoms with Gasteiger partial charge in [-0.1, -0.05) is 35.9 Å². The minimum absolute atomic E-state index is 0.0292. The van der Waals surface area contributed by atoms with E-state index < -0.39 is 0 Å². The average Bonchev–Trinajstić information content (AvgIpc) is 2.66. The van der Waals surface area contributed by atoms with Crippen LogP contribution in [0.2, 0.25) is 5.02 Å². The van der Waals surface area contributed by atoms with Gasteiger partial charge in [-0.25, -0.2) is 0 Å². The quantitative estimate of drug-likeness (QED) is 0.868. The first-order valence-corrected chi connectivity index (χ1v) is 9.35. The van der Waals surface area contributed by atoms with Gasteiger partial charge in [-0.3, -0.25) is 9.69 Å². The van der Waals surface area contributed by atoms with E-state index in [0.29, 0.717) is 11.6 Å². The van der Waals surface area contributed by atoms with E-state index in [4.69, 9.17) is 16.3 Å². The predicted octanol–water partition coefficient (Wildman–Crippen LogP) is 3.76. The van der Waals surface area contributed by atoms with Gasteiger partial charge in [0.2, 0.25) is 0 Å². The molecule has 1 unspecified atom stereocenters. The molecule has 2 aromatic rings. The smallest absolute Gasteiger partial charge is 0.251 e. The van der Waals surface area contributed by atoms with Crippen LogP contribution in [0.15, 0.2) is 42.5 Å². The van der Waals surface area contributed by atoms with E-state index in [1.807, 2.05) is 56.3 Å². The lowest BCUT2D eigenvalue weighted by Crippen LogP contribution is -2.43. The Morgan fingerprint density at radius 2 is 1.85 bits per heavy atom. The number of hydrogen-bond acceptors (Lipinski definition) is 3. The fourth-order valence-electron chi connectivity index (χ4n) is 3.31. The number of nitrogens with one attached hydrogen (secondary N) is 1. The number of morpholine rings is 1. The first-order chi connectivity index (χ1) is 12.6. The highest BCUT2D eigenvalue weighted by Gasteiger charge is 2.23. The Morgan fingerprint density at radius 1 is 1.15 bits per heavy atom. The number of carbonyl (C=O) groups is 1. The first-order valence-electron chi connectivity index (χ1n) is 8.98. The topological polar surface area (TPSA) is 41.6 Å². The Morgan fingerprint density at radius 3 is 2.54 bits per heavy atom. The summed E-state index contributed by atoms with van der Waals surface area (Å²) in [6.45, 7) is 7.70. The van der Waals surface area contributed by atoms with E-state index in [1.165, 1.54) is 0 Å². The molecule has 4 nitrogen and oxygen atoms in total. The lowest BCUT2D eigenvalue weighted by Gasteiger charge is -2.35. The van der Waals surface area contributed by atoms with Crippen LogP contribution in [0, 0.1) is 13.8 Å². The van der Waals surface area contributed by atoms with Crippen LogP contribution in [0.1, 0.15) is 33.1 Å². The molecule has 1 saturated heterocycles. The minimum Gasteiger partial charge on any atom is -0.379 e. The van der Waals surface area contributed by atoms with Crippen molar-refractivity contribution in [3.05, 3.63) is 69.7 Å². The van der Waals surface area contributed by atoms with Crippen molar-refractivity contribution in [2.24, 2.45) is 0 Å². The van der Waals surface area contributed by atoms with Crippen LogP contribution in [0.5, 0.6) is 0 Å². The average molecular weight is 373 g/mol. The van der Waals surface area contributed by atoms with E-state index >= 15 is 0 Å². The molecule has 1 aliphatic heterocycles. The highest BCUT2D eigenvalue weighted by molar-refractivity contribution is 6.30. The third-order valence-electron chi connectivity index (χ3n) is 5.05. The number of amides is 1. The zero-order valence-electron chi connectivity index (χ0n) is 15.3. The molecule has 1 N–H and O–H groups in total. The van der Waals surface area contributed by atoms with Gasteiger partial charge in [-0.05, 0) is 48.7 Å². The molecule has 0 bridgehead atoms. The van der Waals surface area contributed by atoms with Gasteiger partial charge < -0.3 is 10.1 Å². The molecular formula is C21H25ClN2O2. The van der Waals surface area contributed by atoms with Gasteiger partial charge >= 0.3 is 0 Å². The number of aryl methyl sites for hydroxylation is 1. The molecule has 0 saturated carbocycles. The van der Waals surface area contributed by atoms with Crippen LogP contribution in [0.25, 0.3) is 0 Å². The Balaban J connectivity index is 1.76. The van der Waals surface area contributed by atoms with Crippen LogP contribution in [-0.4, -0.2) is 43.7 Å². The summed E-state index contributed by atoms with van der Waals surface area (Å²) in [7, 11) is 0. The third kappa shape index (κ3) is 4.44. The van der Waals surface area contributed by atoms with Crippen molar-refractivity contribution in [3.8, 4) is 0 Å². The van der Waals surface area contributed by atoms with Crippen LogP contribution in [0.3, 0.4) is 0 Å². The van der Waals surface area contributed by atoms with Gasteiger partial charge in [0.15, 0.2) is 0 Å². The van der Waals surface area contributed by atoms with Crippen molar-refractivity contribution in [2.45, 2.75) is 19.9 Å². The molecule has 5 heteroatoms. The molecule has 0 spiro atoms. The maximum atomic E-state index is 12.7. The summed E-state index contributed by atoms with van der Waals surface area (Å²) in [5.41, 5.74) is 4.04. The molecule has 2 aromatic carbocycles. The molecule has 0 aliphatic carbocycles. The molecular weight excluding hydrogens is 348 g/mol. The summed E-state index contributed by atoms with van der Waals surface area (Å²) >= 11 is 6.04. The molecule has 1 atom stereocenters. The monoisotopic (exact) mass is 372 g/mol. The molecule has 1 amide bonds. The SMILES string of the molecule is Cc1cccc(C(=O)NCC(c2ccc(Cl)cc2)N2CCOCC2)c1C. The van der Waals surface area contributed by atoms with E-state index in [9.17, 15) is 4.79 Å². The van der Waals surface area contributed by atoms with E-state index in [-0.39, 0.29) is 11.9 Å². The van der Waals surface area contributed by atoms with Crippen molar-refractivity contribution in [1.82, 2.24) is 10.2 Å². The number of ether oxygens (including phenoxy) is 1. The lowest BCUT2D eigenvalue weighted by atomic mass is 10.0. The van der Waals surface area contributed by atoms with Crippen LogP contribution in [-0.2, 0) is 4.74 Å². The second-order valence-corrected chi connectivity index (χ2v) is 7.11. The normalized spacial score (nSPS) is 16.3. The second-order valence-electron chi connectivity index (χ2n) is 6.67. The van der Waals surface area contributed by atoms with Crippen molar-refractivity contribution in [2.75, 3.05) is 32.8 Å². The Kier molecular flexibility index (Phi) is 6.30. The summed E-state index contributed by atoms with van der Waals surface area (Å²) in [5, 5.41) is 3.84. The standard InChI is InChI=1S/C21H25ClN2O2/c1-15-4-3-5-19(16(15)2)21(25)23-14-20(24-10-12-26-13-11-24)17-6-8-18(22)9-7-17/h3-9,20H,10-14H2,1-2H3,(H,23,25). The lowest BCUT2D eigenvalue weighted by molar-refractivity contribution is 0.0162. The van der Waals surface area contributed by atoms with Crippen LogP contribution < -0.4 is 5.32 Å². The molecule has 0 aromatic heterocycles. The first kappa shape index (κ1) is 18.9. The van der Waals surface area contributed by atoms with Crippen molar-refractivity contribution in [1.29, 1.82) is 0 Å². The second kappa shape index (κ2) is 8.67. The van der Waals surface area contributed by atoms with Gasteiger partial charge in [0.05, 0.1) is 19.3 Å². The number of nitrogens with zero attached hydrogens (tertiary/aromatic N) is 1. The molecule has 1 heterocycles. The maximum absolute atomic E-state index is 12.7. The largest absolute Gasteiger partial charge is 0.379 e. The molecule has 1 aliphatic rings. The number of hydrogen-bond donors (Lipinski definition) is 1. The predicted molar refractivity (Wildman–Crippen MR) is 105 cm³/mol. The molecule has 0 radical (unpaired) electrons. The summed E-state index contributed by atoms with van der Waals surface area (Å²) in [6.07, 6.45) is 0. The van der Waals surface area contributed by atoms with E-state index in [0.717, 1.165) is 48.6 Å². The Labute approximate surface area is 160 Å². The highest BCUT2D eigenvalue weighted by Crippen LogP contribution is 2.23. The van der Waals surface area contributed by atoms with Crippen LogP contribution in [0.4, 0.5) is 0 Å². The molecule has 26 heavy (non-hydrogen) atoms. The van der Waals surface area contributed by atoms with Crippen molar-refractivity contribution in [3.63, 3.8) is 0 Å². The van der Waals surface area contributed by atoms with Crippen molar-refractivity contribution < 1.29 is 9.53 Å². The van der Waals surface area contributed by atoms with Gasteiger partial charge in [0.25, 0.3) is 5.91 Å². The van der Waals surface area contributed by atoms with Gasteiger partial charge in [-0.2, -0.15) is 0 Å². The number of benzene rings is 2. The van der Waals surface area contributed by atoms with E-state index in [2.05, 4.69) is 10.2 Å². The summed E-state index contributed by atoms with van der Waals surface area (Å²) in [4.78, 5) is 15.1. The van der Waals surface area contributed by atoms with Gasteiger partial charge in [-0.15, -0.1) is 0 Å². The molecule has 3 rings (SSSR count). The highest BCUT2D eigenvalue weighted by atomic mass is 35.5. The third-order valence-corrected chi connectivity index (χ3v) is 5.30. The fraction of sp³-hybridized carbons (Fsp3) is 0.381. The number of carbonyl (C=O) groups excluding carboxylic acids is 1. The van der Waals surface area contributed by atoms with Crippen molar-refractivity contribution >= 4 is 17.5 Å². The van der Waals surface area contributed by atoms with Crippen LogP contribution >= 0.6 is 11.6 Å². The molecule has 1 fully saturated rings. The Hall–Kier alpha value is -1.88.